The van der Waals surface area contributed by atoms with Gasteiger partial charge in [0.2, 0.25) is 0 Å². The molecule has 0 bridgehead atoms. The minimum absolute atomic E-state index is 0.596. The number of rotatable bonds is 13. The molecule has 0 atom stereocenters. The molecule has 125 valence electrons. The van der Waals surface area contributed by atoms with Gasteiger partial charge in [0.15, 0.2) is 0 Å². The Morgan fingerprint density at radius 1 is 0.909 bits per heavy atom. The Kier molecular flexibility index (Phi) is 11.7. The van der Waals surface area contributed by atoms with Gasteiger partial charge in [-0.2, -0.15) is 0 Å². The predicted octanol–water partition coefficient (Wildman–Crippen LogP) is 4.94. The van der Waals surface area contributed by atoms with E-state index in [4.69, 9.17) is 6.40 Å². The van der Waals surface area contributed by atoms with Crippen molar-refractivity contribution in [1.29, 1.82) is 0 Å². The van der Waals surface area contributed by atoms with Crippen molar-refractivity contribution in [3.05, 3.63) is 29.8 Å². The molecule has 1 N–H and O–H groups in total. The van der Waals surface area contributed by atoms with E-state index in [9.17, 15) is 3.02 Å². The number of hydrogen-bond donors (Lipinski definition) is 1. The second-order valence-electron chi connectivity index (χ2n) is 5.87. The molecule has 0 aromatic heterocycles. The van der Waals surface area contributed by atoms with Crippen LogP contribution in [0.5, 0.6) is 5.75 Å². The van der Waals surface area contributed by atoms with Gasteiger partial charge in [0.25, 0.3) is 0 Å². The van der Waals surface area contributed by atoms with E-state index in [1.54, 1.807) is 6.07 Å². The first-order valence-electron chi connectivity index (χ1n) is 8.66. The van der Waals surface area contributed by atoms with Crippen LogP contribution in [0, 0.1) is 0 Å². The molecule has 3 nitrogen and oxygen atoms in total. The summed E-state index contributed by atoms with van der Waals surface area (Å²) < 4.78 is 25.0. The van der Waals surface area contributed by atoms with Crippen LogP contribution in [0.4, 0.5) is 0 Å². The first-order chi connectivity index (χ1) is 10.7. The molecule has 0 aliphatic heterocycles. The molecule has 1 aromatic rings. The summed E-state index contributed by atoms with van der Waals surface area (Å²) in [5.41, 5.74) is 1.06. The van der Waals surface area contributed by atoms with E-state index in [2.05, 4.69) is 6.92 Å². The molecule has 1 radical (unpaired) electrons. The third-order valence-electron chi connectivity index (χ3n) is 3.95. The molecule has 0 fully saturated rings. The Morgan fingerprint density at radius 3 is 2.05 bits per heavy atom. The van der Waals surface area contributed by atoms with Crippen molar-refractivity contribution in [3.63, 3.8) is 0 Å². The standard InChI is InChI=1S/C18H30O.H2O.O.Sb/c1-2-3-4-5-6-7-8-9-10-11-14-17-15-12-13-16-18(17)19;;;/h12-13,15-16,19H,2-11,14H2,1H3;1H2;;/q;;;+2/p-2. The zero-order chi connectivity index (χ0) is 16.0. The van der Waals surface area contributed by atoms with Crippen LogP contribution in [-0.2, 0) is 9.44 Å². The van der Waals surface area contributed by atoms with Gasteiger partial charge in [0.1, 0.15) is 0 Å². The van der Waals surface area contributed by atoms with E-state index in [0.717, 1.165) is 18.4 Å². The van der Waals surface area contributed by atoms with E-state index in [1.807, 2.05) is 18.2 Å². The molecule has 0 heterocycles. The molecule has 0 saturated heterocycles. The van der Waals surface area contributed by atoms with Crippen LogP contribution in [0.3, 0.4) is 0 Å². The third-order valence-corrected chi connectivity index (χ3v) is 4.96. The van der Waals surface area contributed by atoms with Gasteiger partial charge in [0.05, 0.1) is 0 Å². The van der Waals surface area contributed by atoms with Gasteiger partial charge in [-0.25, -0.2) is 0 Å². The number of aryl methyl sites for hydroxylation is 1. The van der Waals surface area contributed by atoms with Crippen LogP contribution in [0.1, 0.15) is 76.7 Å². The normalized spacial score (nSPS) is 10.6. The summed E-state index contributed by atoms with van der Waals surface area (Å²) in [7, 11) is 0. The Labute approximate surface area is 143 Å². The predicted molar refractivity (Wildman–Crippen MR) is 91.3 cm³/mol. The first-order valence-corrected chi connectivity index (χ1v) is 11.9. The average molecular weight is 416 g/mol. The van der Waals surface area contributed by atoms with Crippen LogP contribution < -0.4 is 3.02 Å². The molecule has 0 aliphatic carbocycles. The van der Waals surface area contributed by atoms with Gasteiger partial charge in [-0.3, -0.25) is 0 Å². The van der Waals surface area contributed by atoms with Gasteiger partial charge in [-0.05, 0) is 0 Å². The van der Waals surface area contributed by atoms with Crippen LogP contribution in [0.2, 0.25) is 0 Å². The molecule has 1 rings (SSSR count). The number of benzene rings is 1. The summed E-state index contributed by atoms with van der Waals surface area (Å²) in [5.74, 6) is 0.596. The van der Waals surface area contributed by atoms with Gasteiger partial charge in [-0.15, -0.1) is 0 Å². The Morgan fingerprint density at radius 2 is 1.45 bits per heavy atom. The molecule has 22 heavy (non-hydrogen) atoms. The van der Waals surface area contributed by atoms with Crippen molar-refractivity contribution < 1.29 is 9.42 Å². The van der Waals surface area contributed by atoms with E-state index in [1.165, 1.54) is 57.8 Å². The minimum atomic E-state index is -3.65. The second-order valence-corrected chi connectivity index (χ2v) is 7.75. The summed E-state index contributed by atoms with van der Waals surface area (Å²) in [6.45, 7) is 2.25. The number of hydrogen-bond acceptors (Lipinski definition) is 2. The van der Waals surface area contributed by atoms with E-state index >= 15 is 0 Å². The van der Waals surface area contributed by atoms with Crippen molar-refractivity contribution in [2.24, 2.45) is 0 Å². The Balaban J connectivity index is 2.08. The van der Waals surface area contributed by atoms with Gasteiger partial charge in [-0.1, -0.05) is 19.8 Å². The van der Waals surface area contributed by atoms with Crippen molar-refractivity contribution >= 4 is 21.0 Å². The van der Waals surface area contributed by atoms with E-state index < -0.39 is 21.0 Å². The van der Waals surface area contributed by atoms with Crippen molar-refractivity contribution in [2.45, 2.75) is 77.6 Å². The van der Waals surface area contributed by atoms with Gasteiger partial charge >= 0.3 is 124 Å². The average Bonchev–Trinajstić information content (AvgIpc) is 2.50. The van der Waals surface area contributed by atoms with Crippen molar-refractivity contribution in [3.8, 4) is 5.75 Å². The second kappa shape index (κ2) is 13.1. The van der Waals surface area contributed by atoms with E-state index in [-0.39, 0.29) is 0 Å². The zero-order valence-corrected chi connectivity index (χ0v) is 16.4. The maximum atomic E-state index is 10.9. The fourth-order valence-electron chi connectivity index (χ4n) is 2.69. The Hall–Kier alpha value is -0.402. The van der Waals surface area contributed by atoms with Crippen LogP contribution in [0.15, 0.2) is 24.3 Å². The molecule has 0 saturated carbocycles. The van der Waals surface area contributed by atoms with Gasteiger partial charge < -0.3 is 0 Å². The molecule has 0 amide bonds. The summed E-state index contributed by atoms with van der Waals surface area (Å²) in [6.07, 6.45) is 14.1. The van der Waals surface area contributed by atoms with Gasteiger partial charge in [0, 0.05) is 0 Å². The molecular weight excluding hydrogens is 386 g/mol. The first kappa shape index (κ1) is 19.6. The van der Waals surface area contributed by atoms with E-state index in [0.29, 0.717) is 5.75 Å². The molecule has 0 spiro atoms. The van der Waals surface area contributed by atoms with Crippen LogP contribution >= 0.6 is 0 Å². The summed E-state index contributed by atoms with van der Waals surface area (Å²) in [5, 5.41) is 0. The Bertz CT molecular complexity index is 421. The number of para-hydroxylation sites is 1. The third kappa shape index (κ3) is 9.58. The molecular formula is C18H30O3Sb. The van der Waals surface area contributed by atoms with Crippen LogP contribution in [-0.4, -0.2) is 24.4 Å². The number of unbranched alkanes of at least 4 members (excludes halogenated alkanes) is 9. The monoisotopic (exact) mass is 415 g/mol. The van der Waals surface area contributed by atoms with Crippen molar-refractivity contribution in [1.82, 2.24) is 0 Å². The maximum absolute atomic E-state index is 10.9. The summed E-state index contributed by atoms with van der Waals surface area (Å²) >= 11 is -3.65. The SMILES string of the molecule is CCCCCCCCCCCCc1ccccc1[O][Sb](=[O])[OH]. The fourth-order valence-corrected chi connectivity index (χ4v) is 3.68. The zero-order valence-electron chi connectivity index (χ0n) is 13.8. The van der Waals surface area contributed by atoms with Crippen LogP contribution in [0.25, 0.3) is 0 Å². The molecule has 4 heteroatoms. The topological polar surface area (TPSA) is 46.5 Å². The fraction of sp³-hybridized carbons (Fsp3) is 0.667. The molecule has 0 unspecified atom stereocenters. The molecule has 0 aliphatic rings. The summed E-state index contributed by atoms with van der Waals surface area (Å²) in [4.78, 5) is 0. The summed E-state index contributed by atoms with van der Waals surface area (Å²) in [6, 6.07) is 7.59. The molecule has 1 aromatic carbocycles. The quantitative estimate of drug-likeness (QED) is 0.366. The van der Waals surface area contributed by atoms with Crippen molar-refractivity contribution in [2.75, 3.05) is 0 Å².